The van der Waals surface area contributed by atoms with Crippen molar-refractivity contribution in [2.45, 2.75) is 32.7 Å². The van der Waals surface area contributed by atoms with Gasteiger partial charge < -0.3 is 10.2 Å². The van der Waals surface area contributed by atoms with Crippen LogP contribution in [0.5, 0.6) is 0 Å². The third kappa shape index (κ3) is 2.74. The van der Waals surface area contributed by atoms with E-state index in [1.165, 1.54) is 6.20 Å². The van der Waals surface area contributed by atoms with Crippen LogP contribution >= 0.6 is 0 Å². The molecule has 2 heterocycles. The van der Waals surface area contributed by atoms with Crippen molar-refractivity contribution in [2.24, 2.45) is 5.92 Å². The molecule has 104 valence electrons. The predicted molar refractivity (Wildman–Crippen MR) is 73.4 cm³/mol. The van der Waals surface area contributed by atoms with Crippen LogP contribution in [0.15, 0.2) is 6.20 Å². The Morgan fingerprint density at radius 2 is 2.21 bits per heavy atom. The Hall–Kier alpha value is -1.92. The van der Waals surface area contributed by atoms with Gasteiger partial charge in [0.25, 0.3) is 0 Å². The molecular formula is C12H19N5O2. The predicted octanol–water partition coefficient (Wildman–Crippen LogP) is 2.05. The number of piperidine rings is 1. The van der Waals surface area contributed by atoms with Crippen molar-refractivity contribution in [3.8, 4) is 0 Å². The molecule has 7 nitrogen and oxygen atoms in total. The molecule has 0 saturated carbocycles. The second-order valence-corrected chi connectivity index (χ2v) is 5.09. The molecular weight excluding hydrogens is 246 g/mol. The lowest BCUT2D eigenvalue weighted by Crippen LogP contribution is -2.42. The van der Waals surface area contributed by atoms with Gasteiger partial charge in [-0.2, -0.15) is 4.98 Å². The van der Waals surface area contributed by atoms with Crippen molar-refractivity contribution in [1.82, 2.24) is 9.97 Å². The van der Waals surface area contributed by atoms with Crippen LogP contribution in [0.1, 0.15) is 26.7 Å². The van der Waals surface area contributed by atoms with E-state index in [1.807, 2.05) is 4.90 Å². The number of rotatable bonds is 3. The van der Waals surface area contributed by atoms with Crippen LogP contribution < -0.4 is 10.2 Å². The van der Waals surface area contributed by atoms with Crippen LogP contribution in [0.3, 0.4) is 0 Å². The zero-order valence-electron chi connectivity index (χ0n) is 11.5. The Bertz CT molecular complexity index is 479. The first-order valence-corrected chi connectivity index (χ1v) is 6.48. The van der Waals surface area contributed by atoms with Gasteiger partial charge in [-0.1, -0.05) is 6.92 Å². The van der Waals surface area contributed by atoms with E-state index in [9.17, 15) is 10.1 Å². The molecule has 19 heavy (non-hydrogen) atoms. The molecule has 1 aromatic heterocycles. The molecule has 0 aliphatic carbocycles. The average Bonchev–Trinajstić information content (AvgIpc) is 2.40. The van der Waals surface area contributed by atoms with Crippen molar-refractivity contribution in [1.29, 1.82) is 0 Å². The van der Waals surface area contributed by atoms with E-state index in [-0.39, 0.29) is 11.7 Å². The zero-order valence-corrected chi connectivity index (χ0v) is 11.5. The minimum Gasteiger partial charge on any atom is -0.357 e. The molecule has 0 radical (unpaired) electrons. The largest absolute Gasteiger partial charge is 0.357 e. The van der Waals surface area contributed by atoms with Crippen LogP contribution in [-0.4, -0.2) is 34.5 Å². The van der Waals surface area contributed by atoms with E-state index in [4.69, 9.17) is 0 Å². The lowest BCUT2D eigenvalue weighted by atomic mass is 9.95. The summed E-state index contributed by atoms with van der Waals surface area (Å²) in [6.07, 6.45) is 3.45. The third-order valence-corrected chi connectivity index (χ3v) is 3.56. The normalized spacial score (nSPS) is 23.2. The van der Waals surface area contributed by atoms with Gasteiger partial charge in [-0.25, -0.2) is 4.98 Å². The fraction of sp³-hybridized carbons (Fsp3) is 0.667. The van der Waals surface area contributed by atoms with Gasteiger partial charge in [0.1, 0.15) is 6.20 Å². The Balaban J connectivity index is 2.42. The van der Waals surface area contributed by atoms with E-state index in [0.717, 1.165) is 19.4 Å². The monoisotopic (exact) mass is 265 g/mol. The molecule has 0 amide bonds. The fourth-order valence-electron chi connectivity index (χ4n) is 2.41. The first kappa shape index (κ1) is 13.5. The van der Waals surface area contributed by atoms with Crippen molar-refractivity contribution in [2.75, 3.05) is 23.8 Å². The van der Waals surface area contributed by atoms with E-state index in [1.54, 1.807) is 7.05 Å². The minimum absolute atomic E-state index is 0.0278. The molecule has 0 bridgehead atoms. The van der Waals surface area contributed by atoms with E-state index < -0.39 is 4.92 Å². The topological polar surface area (TPSA) is 84.2 Å². The van der Waals surface area contributed by atoms with E-state index in [0.29, 0.717) is 17.7 Å². The first-order chi connectivity index (χ1) is 9.02. The second-order valence-electron chi connectivity index (χ2n) is 5.09. The van der Waals surface area contributed by atoms with Gasteiger partial charge in [0, 0.05) is 19.6 Å². The SMILES string of the molecule is CNc1ncc([N+](=O)[O-])c(N2CC(C)CCC2C)n1. The van der Waals surface area contributed by atoms with Crippen LogP contribution in [0.4, 0.5) is 17.5 Å². The summed E-state index contributed by atoms with van der Waals surface area (Å²) in [7, 11) is 1.70. The number of anilines is 2. The molecule has 1 aliphatic heterocycles. The minimum atomic E-state index is -0.416. The average molecular weight is 265 g/mol. The van der Waals surface area contributed by atoms with Gasteiger partial charge in [0.15, 0.2) is 0 Å². The smallest absolute Gasteiger partial charge is 0.329 e. The van der Waals surface area contributed by atoms with Crippen LogP contribution in [0, 0.1) is 16.0 Å². The fourth-order valence-corrected chi connectivity index (χ4v) is 2.41. The molecule has 1 aromatic rings. The summed E-state index contributed by atoms with van der Waals surface area (Å²) >= 11 is 0. The highest BCUT2D eigenvalue weighted by atomic mass is 16.6. The third-order valence-electron chi connectivity index (χ3n) is 3.56. The summed E-state index contributed by atoms with van der Waals surface area (Å²) in [5.74, 6) is 1.35. The highest BCUT2D eigenvalue weighted by Crippen LogP contribution is 2.32. The summed E-state index contributed by atoms with van der Waals surface area (Å²) in [5.41, 5.74) is -0.0278. The summed E-state index contributed by atoms with van der Waals surface area (Å²) in [6.45, 7) is 5.03. The van der Waals surface area contributed by atoms with Crippen LogP contribution in [0.2, 0.25) is 0 Å². The summed E-state index contributed by atoms with van der Waals surface area (Å²) in [5, 5.41) is 14.0. The summed E-state index contributed by atoms with van der Waals surface area (Å²) in [4.78, 5) is 20.9. The molecule has 7 heteroatoms. The number of nitro groups is 1. The lowest BCUT2D eigenvalue weighted by molar-refractivity contribution is -0.384. The first-order valence-electron chi connectivity index (χ1n) is 6.48. The van der Waals surface area contributed by atoms with Crippen LogP contribution in [0.25, 0.3) is 0 Å². The van der Waals surface area contributed by atoms with E-state index in [2.05, 4.69) is 29.1 Å². The Kier molecular flexibility index (Phi) is 3.82. The van der Waals surface area contributed by atoms with E-state index >= 15 is 0 Å². The van der Waals surface area contributed by atoms with Crippen molar-refractivity contribution >= 4 is 17.5 Å². The van der Waals surface area contributed by atoms with Crippen molar-refractivity contribution in [3.05, 3.63) is 16.3 Å². The maximum atomic E-state index is 11.1. The van der Waals surface area contributed by atoms with Crippen molar-refractivity contribution < 1.29 is 4.92 Å². The quantitative estimate of drug-likeness (QED) is 0.665. The standard InChI is InChI=1S/C12H19N5O2/c1-8-4-5-9(2)16(7-8)11-10(17(18)19)6-14-12(13-3)15-11/h6,8-9H,4-5,7H2,1-3H3,(H,13,14,15). The number of aromatic nitrogens is 2. The highest BCUT2D eigenvalue weighted by molar-refractivity contribution is 5.59. The maximum Gasteiger partial charge on any atom is 0.329 e. The maximum absolute atomic E-state index is 11.1. The van der Waals surface area contributed by atoms with Gasteiger partial charge >= 0.3 is 5.69 Å². The van der Waals surface area contributed by atoms with Gasteiger partial charge in [0.05, 0.1) is 4.92 Å². The molecule has 1 aliphatic rings. The molecule has 0 spiro atoms. The molecule has 2 rings (SSSR count). The molecule has 1 N–H and O–H groups in total. The van der Waals surface area contributed by atoms with Gasteiger partial charge in [-0.15, -0.1) is 0 Å². The van der Waals surface area contributed by atoms with Crippen LogP contribution in [-0.2, 0) is 0 Å². The zero-order chi connectivity index (χ0) is 14.0. The summed E-state index contributed by atoms with van der Waals surface area (Å²) in [6, 6.07) is 0.259. The van der Waals surface area contributed by atoms with Gasteiger partial charge in [0.2, 0.25) is 11.8 Å². The highest BCUT2D eigenvalue weighted by Gasteiger charge is 2.30. The Morgan fingerprint density at radius 3 is 2.84 bits per heavy atom. The second kappa shape index (κ2) is 5.38. The van der Waals surface area contributed by atoms with Gasteiger partial charge in [-0.3, -0.25) is 10.1 Å². The van der Waals surface area contributed by atoms with Crippen molar-refractivity contribution in [3.63, 3.8) is 0 Å². The Morgan fingerprint density at radius 1 is 1.47 bits per heavy atom. The molecule has 1 fully saturated rings. The number of hydrogen-bond acceptors (Lipinski definition) is 6. The lowest BCUT2D eigenvalue weighted by Gasteiger charge is -2.37. The number of nitrogens with zero attached hydrogens (tertiary/aromatic N) is 4. The summed E-state index contributed by atoms with van der Waals surface area (Å²) < 4.78 is 0. The number of nitrogens with one attached hydrogen (secondary N) is 1. The number of hydrogen-bond donors (Lipinski definition) is 1. The molecule has 0 aromatic carbocycles. The molecule has 1 saturated heterocycles. The molecule has 2 atom stereocenters. The molecule has 2 unspecified atom stereocenters. The van der Waals surface area contributed by atoms with Gasteiger partial charge in [-0.05, 0) is 25.7 Å². The Labute approximate surface area is 112 Å².